The van der Waals surface area contributed by atoms with Gasteiger partial charge in [0, 0.05) is 5.92 Å². The molecule has 2 aliphatic carbocycles. The molecule has 0 spiro atoms. The van der Waals surface area contributed by atoms with Crippen LogP contribution < -0.4 is 24.8 Å². The average molecular weight is 671 g/mol. The number of hydrogen-bond donors (Lipinski definition) is 0. The van der Waals surface area contributed by atoms with Crippen molar-refractivity contribution < 1.29 is 51.0 Å². The van der Waals surface area contributed by atoms with Gasteiger partial charge in [-0.05, 0) is 132 Å². The summed E-state index contributed by atoms with van der Waals surface area (Å²) in [6.07, 6.45) is 7.94. The van der Waals surface area contributed by atoms with Gasteiger partial charge in [0.25, 0.3) is 0 Å². The third-order valence-electron chi connectivity index (χ3n) is 9.27. The summed E-state index contributed by atoms with van der Waals surface area (Å²) in [7, 11) is 0. The fourth-order valence-corrected chi connectivity index (χ4v) is 7.73. The summed E-state index contributed by atoms with van der Waals surface area (Å²) in [5.41, 5.74) is 20.7. The number of fused-ring (bicyclic) bond motifs is 3. The third kappa shape index (κ3) is 5.70. The van der Waals surface area contributed by atoms with Gasteiger partial charge in [0.1, 0.15) is 0 Å². The average Bonchev–Trinajstić information content (AvgIpc) is 3.50. The predicted molar refractivity (Wildman–Crippen MR) is 169 cm³/mol. The Kier molecular flexibility index (Phi) is 10.5. The van der Waals surface area contributed by atoms with Crippen molar-refractivity contribution in [3.63, 3.8) is 0 Å². The van der Waals surface area contributed by atoms with E-state index in [1.807, 2.05) is 0 Å². The van der Waals surface area contributed by atoms with Crippen molar-refractivity contribution in [2.24, 2.45) is 5.41 Å². The second-order valence-electron chi connectivity index (χ2n) is 12.6. The van der Waals surface area contributed by atoms with Gasteiger partial charge >= 0.3 is 26.2 Å². The van der Waals surface area contributed by atoms with E-state index >= 15 is 0 Å². The molecule has 0 nitrogen and oxygen atoms in total. The van der Waals surface area contributed by atoms with Crippen molar-refractivity contribution in [3.05, 3.63) is 129 Å². The number of benzene rings is 4. The molecule has 0 amide bonds. The standard InChI is InChI=1S/C39H40.2ClH.Zr/c1-23-17-25(3)36(26(4)18-23)29-13-15-32-33-16-14-30(37-27(5)19-24(2)20-28(37)6)22-35(33)38(34(32)21-29)39(7,8)31-11-9-10-12-31;;;/h9-11,13-22,38H,12H2,1-8H3;2*1H;/q;;;+2/p-2. The minimum absolute atomic E-state index is 0. The topological polar surface area (TPSA) is 0 Å². The number of hydrogen-bond acceptors (Lipinski definition) is 0. The van der Waals surface area contributed by atoms with Crippen LogP contribution in [0, 0.1) is 47.0 Å². The first-order valence-corrected chi connectivity index (χ1v) is 14.4. The minimum Gasteiger partial charge on any atom is -1.00 e. The van der Waals surface area contributed by atoms with Crippen LogP contribution in [-0.4, -0.2) is 0 Å². The van der Waals surface area contributed by atoms with Crippen LogP contribution in [0.3, 0.4) is 0 Å². The van der Waals surface area contributed by atoms with Crippen molar-refractivity contribution >= 4 is 0 Å². The zero-order valence-electron chi connectivity index (χ0n) is 26.0. The van der Waals surface area contributed by atoms with Crippen LogP contribution in [0.4, 0.5) is 0 Å². The Morgan fingerprint density at radius 3 is 1.36 bits per heavy atom. The van der Waals surface area contributed by atoms with Crippen LogP contribution in [-0.2, 0) is 26.2 Å². The minimum atomic E-state index is -0.00449. The Balaban J connectivity index is 0.00000161. The summed E-state index contributed by atoms with van der Waals surface area (Å²) >= 11 is 0. The first-order chi connectivity index (χ1) is 18.6. The van der Waals surface area contributed by atoms with Crippen molar-refractivity contribution in [1.29, 1.82) is 0 Å². The molecule has 2 aliphatic rings. The fourth-order valence-electron chi connectivity index (χ4n) is 7.73. The first kappa shape index (κ1) is 34.3. The number of rotatable bonds is 4. The van der Waals surface area contributed by atoms with E-state index < -0.39 is 0 Å². The van der Waals surface area contributed by atoms with Crippen LogP contribution in [0.25, 0.3) is 33.4 Å². The van der Waals surface area contributed by atoms with E-state index in [2.05, 4.69) is 134 Å². The molecule has 214 valence electrons. The smallest absolute Gasteiger partial charge is 1.00 e. The molecule has 0 saturated carbocycles. The number of halogens is 2. The van der Waals surface area contributed by atoms with Gasteiger partial charge in [0.15, 0.2) is 0 Å². The van der Waals surface area contributed by atoms with E-state index in [1.165, 1.54) is 83.5 Å². The number of aryl methyl sites for hydroxylation is 6. The first-order valence-electron chi connectivity index (χ1n) is 14.4. The Bertz CT molecular complexity index is 1570. The van der Waals surface area contributed by atoms with Crippen LogP contribution in [0.2, 0.25) is 0 Å². The summed E-state index contributed by atoms with van der Waals surface area (Å²) < 4.78 is 0. The van der Waals surface area contributed by atoms with Gasteiger partial charge in [0.2, 0.25) is 0 Å². The van der Waals surface area contributed by atoms with E-state index in [0.717, 1.165) is 6.42 Å². The van der Waals surface area contributed by atoms with E-state index in [0.29, 0.717) is 5.92 Å². The molecule has 0 heterocycles. The van der Waals surface area contributed by atoms with Gasteiger partial charge < -0.3 is 24.8 Å². The van der Waals surface area contributed by atoms with Gasteiger partial charge in [-0.1, -0.05) is 97.3 Å². The monoisotopic (exact) mass is 668 g/mol. The predicted octanol–water partition coefficient (Wildman–Crippen LogP) is 4.90. The SMILES string of the molecule is Cc1cc(C)c(-c2ccc3c(c2)C(C(C)(C)C2=CC=CC2)c2cc(-c4c(C)cc(C)cc4C)ccc2-3)c(C)c1.[Cl-].[Cl-].[Zr+2]. The van der Waals surface area contributed by atoms with Crippen molar-refractivity contribution in [3.8, 4) is 33.4 Å². The largest absolute Gasteiger partial charge is 2.00 e. The van der Waals surface area contributed by atoms with Gasteiger partial charge in [0.05, 0.1) is 0 Å². The summed E-state index contributed by atoms with van der Waals surface area (Å²) in [6, 6.07) is 23.8. The Morgan fingerprint density at radius 2 is 1.00 bits per heavy atom. The summed E-state index contributed by atoms with van der Waals surface area (Å²) in [4.78, 5) is 0. The number of allylic oxidation sites excluding steroid dienone is 4. The molecule has 42 heavy (non-hydrogen) atoms. The van der Waals surface area contributed by atoms with E-state index in [9.17, 15) is 0 Å². The normalized spacial score (nSPS) is 13.5. The second kappa shape index (κ2) is 12.8. The van der Waals surface area contributed by atoms with Crippen molar-refractivity contribution in [2.75, 3.05) is 0 Å². The molecule has 0 aromatic heterocycles. The van der Waals surface area contributed by atoms with Crippen LogP contribution in [0.5, 0.6) is 0 Å². The maximum atomic E-state index is 2.51. The van der Waals surface area contributed by atoms with Gasteiger partial charge in [-0.2, -0.15) is 0 Å². The molecule has 0 fully saturated rings. The maximum Gasteiger partial charge on any atom is 2.00 e. The van der Waals surface area contributed by atoms with Crippen LogP contribution in [0.15, 0.2) is 84.5 Å². The summed E-state index contributed by atoms with van der Waals surface area (Å²) in [5.74, 6) is 0.297. The Morgan fingerprint density at radius 1 is 0.595 bits per heavy atom. The molecule has 4 aromatic carbocycles. The zero-order chi connectivity index (χ0) is 27.6. The van der Waals surface area contributed by atoms with E-state index in [-0.39, 0.29) is 56.4 Å². The molecule has 0 atom stereocenters. The molecule has 0 bridgehead atoms. The maximum absolute atomic E-state index is 2.51. The molecular weight excluding hydrogens is 631 g/mol. The molecule has 0 N–H and O–H groups in total. The van der Waals surface area contributed by atoms with E-state index in [1.54, 1.807) is 0 Å². The van der Waals surface area contributed by atoms with Gasteiger partial charge in [-0.3, -0.25) is 0 Å². The van der Waals surface area contributed by atoms with Crippen LogP contribution in [0.1, 0.15) is 70.7 Å². The third-order valence-corrected chi connectivity index (χ3v) is 9.27. The molecule has 0 saturated heterocycles. The molecule has 6 rings (SSSR count). The fraction of sp³-hybridized carbons (Fsp3) is 0.282. The van der Waals surface area contributed by atoms with E-state index in [4.69, 9.17) is 0 Å². The summed E-state index contributed by atoms with van der Waals surface area (Å²) in [6.45, 7) is 18.3. The second-order valence-corrected chi connectivity index (χ2v) is 12.6. The van der Waals surface area contributed by atoms with Crippen LogP contribution >= 0.6 is 0 Å². The summed E-state index contributed by atoms with van der Waals surface area (Å²) in [5, 5.41) is 0. The van der Waals surface area contributed by atoms with Crippen molar-refractivity contribution in [1.82, 2.24) is 0 Å². The zero-order valence-corrected chi connectivity index (χ0v) is 30.0. The molecule has 4 aromatic rings. The Hall–Kier alpha value is -2.18. The molecule has 3 heteroatoms. The quantitative estimate of drug-likeness (QED) is 0.290. The van der Waals surface area contributed by atoms with Crippen molar-refractivity contribution in [2.45, 2.75) is 67.7 Å². The Labute approximate surface area is 284 Å². The molecule has 0 aliphatic heterocycles. The molecule has 0 unspecified atom stereocenters. The molecular formula is C39H40Cl2Zr. The van der Waals surface area contributed by atoms with Gasteiger partial charge in [-0.25, -0.2) is 0 Å². The van der Waals surface area contributed by atoms with Gasteiger partial charge in [-0.15, -0.1) is 0 Å². The molecule has 0 radical (unpaired) electrons.